The van der Waals surface area contributed by atoms with E-state index in [4.69, 9.17) is 0 Å². The number of benzene rings is 1. The van der Waals surface area contributed by atoms with Gasteiger partial charge in [-0.1, -0.05) is 12.1 Å². The third kappa shape index (κ3) is 3.03. The second-order valence-electron chi connectivity index (χ2n) is 6.43. The van der Waals surface area contributed by atoms with Gasteiger partial charge in [0, 0.05) is 26.2 Å². The Balaban J connectivity index is 1.35. The zero-order valence-corrected chi connectivity index (χ0v) is 13.4. The van der Waals surface area contributed by atoms with E-state index < -0.39 is 0 Å². The van der Waals surface area contributed by atoms with Crippen molar-refractivity contribution in [2.24, 2.45) is 0 Å². The number of fused-ring (bicyclic) bond motifs is 1. The van der Waals surface area contributed by atoms with Crippen LogP contribution in [0.25, 0.3) is 11.0 Å². The summed E-state index contributed by atoms with van der Waals surface area (Å²) in [4.78, 5) is 26.9. The van der Waals surface area contributed by atoms with Crippen LogP contribution in [0.15, 0.2) is 24.3 Å². The molecule has 0 bridgehead atoms. The minimum absolute atomic E-state index is 0.274. The number of carbonyl (C=O) groups excluding carboxylic acids is 1. The highest BCUT2D eigenvalue weighted by molar-refractivity contribution is 5.79. The van der Waals surface area contributed by atoms with Crippen LogP contribution >= 0.6 is 0 Å². The fourth-order valence-corrected chi connectivity index (χ4v) is 3.49. The van der Waals surface area contributed by atoms with E-state index in [-0.39, 0.29) is 5.91 Å². The first-order valence-corrected chi connectivity index (χ1v) is 8.49. The van der Waals surface area contributed by atoms with Gasteiger partial charge >= 0.3 is 0 Å². The number of hydrogen-bond acceptors (Lipinski definition) is 4. The Bertz CT molecular complexity index is 650. The fourth-order valence-electron chi connectivity index (χ4n) is 3.49. The summed E-state index contributed by atoms with van der Waals surface area (Å²) >= 11 is 0. The first-order chi connectivity index (χ1) is 11.3. The Morgan fingerprint density at radius 2 is 1.78 bits per heavy atom. The van der Waals surface area contributed by atoms with Crippen LogP contribution in [-0.2, 0) is 4.79 Å². The van der Waals surface area contributed by atoms with E-state index in [1.807, 2.05) is 29.2 Å². The number of hydrogen-bond donors (Lipinski definition) is 1. The largest absolute Gasteiger partial charge is 0.339 e. The maximum Gasteiger partial charge on any atom is 0.236 e. The van der Waals surface area contributed by atoms with Gasteiger partial charge in [0.1, 0.15) is 0 Å². The van der Waals surface area contributed by atoms with Crippen LogP contribution in [-0.4, -0.2) is 71.5 Å². The molecule has 6 heteroatoms. The van der Waals surface area contributed by atoms with Crippen LogP contribution in [0.5, 0.6) is 0 Å². The molecule has 0 unspecified atom stereocenters. The average molecular weight is 313 g/mol. The molecule has 0 atom stereocenters. The smallest absolute Gasteiger partial charge is 0.236 e. The summed E-state index contributed by atoms with van der Waals surface area (Å²) in [6.07, 6.45) is 2.46. The Hall–Kier alpha value is -2.08. The molecule has 1 amide bonds. The predicted molar refractivity (Wildman–Crippen MR) is 90.6 cm³/mol. The van der Waals surface area contributed by atoms with Crippen LogP contribution in [0.1, 0.15) is 12.8 Å². The molecule has 0 saturated carbocycles. The maximum absolute atomic E-state index is 12.4. The second-order valence-corrected chi connectivity index (χ2v) is 6.43. The third-order valence-corrected chi connectivity index (χ3v) is 4.87. The normalized spacial score (nSPS) is 19.7. The highest BCUT2D eigenvalue weighted by Gasteiger charge is 2.24. The average Bonchev–Trinajstić information content (AvgIpc) is 3.24. The number of nitrogens with zero attached hydrogens (tertiary/aromatic N) is 4. The van der Waals surface area contributed by atoms with Crippen molar-refractivity contribution in [3.8, 4) is 0 Å². The number of imidazole rings is 1. The molecule has 122 valence electrons. The van der Waals surface area contributed by atoms with Gasteiger partial charge in [-0.05, 0) is 38.1 Å². The topological polar surface area (TPSA) is 55.5 Å². The molecule has 6 nitrogen and oxygen atoms in total. The monoisotopic (exact) mass is 313 g/mol. The van der Waals surface area contributed by atoms with E-state index in [0.717, 1.165) is 56.3 Å². The van der Waals surface area contributed by atoms with Gasteiger partial charge in [0.25, 0.3) is 0 Å². The molecule has 1 aromatic carbocycles. The number of anilines is 1. The summed E-state index contributed by atoms with van der Waals surface area (Å²) in [5, 5.41) is 0. The van der Waals surface area contributed by atoms with Gasteiger partial charge in [-0.3, -0.25) is 9.69 Å². The molecule has 1 N–H and O–H groups in total. The molecule has 2 aliphatic heterocycles. The molecule has 2 aromatic rings. The Labute approximate surface area is 136 Å². The summed E-state index contributed by atoms with van der Waals surface area (Å²) in [5.74, 6) is 1.19. The molecule has 2 saturated heterocycles. The van der Waals surface area contributed by atoms with Gasteiger partial charge in [-0.15, -0.1) is 0 Å². The maximum atomic E-state index is 12.4. The van der Waals surface area contributed by atoms with E-state index in [1.165, 1.54) is 12.8 Å². The number of rotatable bonds is 3. The summed E-state index contributed by atoms with van der Waals surface area (Å²) in [5.41, 5.74) is 2.06. The molecule has 1 aromatic heterocycles. The lowest BCUT2D eigenvalue weighted by Crippen LogP contribution is -2.51. The van der Waals surface area contributed by atoms with Gasteiger partial charge in [0.2, 0.25) is 11.9 Å². The Kier molecular flexibility index (Phi) is 3.91. The number of amides is 1. The van der Waals surface area contributed by atoms with E-state index in [1.54, 1.807) is 0 Å². The van der Waals surface area contributed by atoms with Gasteiger partial charge in [-0.2, -0.15) is 0 Å². The lowest BCUT2D eigenvalue weighted by Gasteiger charge is -2.35. The van der Waals surface area contributed by atoms with Crippen molar-refractivity contribution in [3.05, 3.63) is 24.3 Å². The number of likely N-dealkylation sites (tertiary alicyclic amines) is 1. The van der Waals surface area contributed by atoms with Crippen LogP contribution in [0, 0.1) is 0 Å². The zero-order valence-electron chi connectivity index (χ0n) is 13.4. The lowest BCUT2D eigenvalue weighted by molar-refractivity contribution is -0.132. The zero-order chi connectivity index (χ0) is 15.6. The van der Waals surface area contributed by atoms with Gasteiger partial charge < -0.3 is 14.8 Å². The number of para-hydroxylation sites is 2. The lowest BCUT2D eigenvalue weighted by atomic mass is 10.3. The first kappa shape index (κ1) is 14.5. The van der Waals surface area contributed by atoms with Crippen molar-refractivity contribution in [3.63, 3.8) is 0 Å². The summed E-state index contributed by atoms with van der Waals surface area (Å²) in [6.45, 7) is 5.98. The van der Waals surface area contributed by atoms with E-state index >= 15 is 0 Å². The standard InChI is InChI=1S/C17H23N5O/c23-16(13-20-7-3-4-8-20)21-9-11-22(12-10-21)17-18-14-5-1-2-6-15(14)19-17/h1-2,5-6H,3-4,7-13H2,(H,18,19). The van der Waals surface area contributed by atoms with E-state index in [0.29, 0.717) is 6.54 Å². The minimum Gasteiger partial charge on any atom is -0.339 e. The van der Waals surface area contributed by atoms with Crippen LogP contribution in [0.2, 0.25) is 0 Å². The number of nitrogens with one attached hydrogen (secondary N) is 1. The molecule has 0 spiro atoms. The molecular weight excluding hydrogens is 290 g/mol. The Morgan fingerprint density at radius 3 is 2.52 bits per heavy atom. The molecule has 23 heavy (non-hydrogen) atoms. The quantitative estimate of drug-likeness (QED) is 0.928. The van der Waals surface area contributed by atoms with Crippen molar-refractivity contribution < 1.29 is 4.79 Å². The van der Waals surface area contributed by atoms with Crippen molar-refractivity contribution in [2.75, 3.05) is 50.7 Å². The summed E-state index contributed by atoms with van der Waals surface area (Å²) < 4.78 is 0. The fraction of sp³-hybridized carbons (Fsp3) is 0.529. The number of aromatic nitrogens is 2. The molecule has 2 fully saturated rings. The minimum atomic E-state index is 0.274. The molecule has 0 aliphatic carbocycles. The predicted octanol–water partition coefficient (Wildman–Crippen LogP) is 1.31. The highest BCUT2D eigenvalue weighted by atomic mass is 16.2. The van der Waals surface area contributed by atoms with Crippen molar-refractivity contribution in [2.45, 2.75) is 12.8 Å². The first-order valence-electron chi connectivity index (χ1n) is 8.49. The van der Waals surface area contributed by atoms with E-state index in [2.05, 4.69) is 19.8 Å². The highest BCUT2D eigenvalue weighted by Crippen LogP contribution is 2.18. The van der Waals surface area contributed by atoms with Crippen molar-refractivity contribution in [1.29, 1.82) is 0 Å². The van der Waals surface area contributed by atoms with Gasteiger partial charge in [0.15, 0.2) is 0 Å². The van der Waals surface area contributed by atoms with E-state index in [9.17, 15) is 4.79 Å². The number of aromatic amines is 1. The van der Waals surface area contributed by atoms with Crippen LogP contribution in [0.3, 0.4) is 0 Å². The van der Waals surface area contributed by atoms with Crippen LogP contribution in [0.4, 0.5) is 5.95 Å². The molecular formula is C17H23N5O. The van der Waals surface area contributed by atoms with Gasteiger partial charge in [0.05, 0.1) is 17.6 Å². The van der Waals surface area contributed by atoms with Crippen molar-refractivity contribution in [1.82, 2.24) is 19.8 Å². The third-order valence-electron chi connectivity index (χ3n) is 4.87. The Morgan fingerprint density at radius 1 is 1.04 bits per heavy atom. The van der Waals surface area contributed by atoms with Crippen molar-refractivity contribution >= 4 is 22.9 Å². The van der Waals surface area contributed by atoms with Gasteiger partial charge in [-0.25, -0.2) is 4.98 Å². The number of H-pyrrole nitrogens is 1. The number of carbonyl (C=O) groups is 1. The van der Waals surface area contributed by atoms with Crippen LogP contribution < -0.4 is 4.90 Å². The SMILES string of the molecule is O=C(CN1CCCC1)N1CCN(c2nc3ccccc3[nH]2)CC1. The second kappa shape index (κ2) is 6.20. The molecule has 3 heterocycles. The molecule has 0 radical (unpaired) electrons. The molecule has 2 aliphatic rings. The summed E-state index contributed by atoms with van der Waals surface area (Å²) in [7, 11) is 0. The number of piperazine rings is 1. The molecule has 4 rings (SSSR count). The summed E-state index contributed by atoms with van der Waals surface area (Å²) in [6, 6.07) is 8.08.